The molecule has 0 saturated carbocycles. The van der Waals surface area contributed by atoms with Gasteiger partial charge in [0.05, 0.1) is 0 Å². The van der Waals surface area contributed by atoms with Crippen LogP contribution < -0.4 is 0 Å². The van der Waals surface area contributed by atoms with Crippen LogP contribution in [0.5, 0.6) is 0 Å². The van der Waals surface area contributed by atoms with Gasteiger partial charge in [0.1, 0.15) is 6.61 Å². The van der Waals surface area contributed by atoms with Crippen LogP contribution in [0.25, 0.3) is 11.4 Å². The van der Waals surface area contributed by atoms with Crippen molar-refractivity contribution in [2.24, 2.45) is 7.05 Å². The summed E-state index contributed by atoms with van der Waals surface area (Å²) in [5, 5.41) is 17.0. The summed E-state index contributed by atoms with van der Waals surface area (Å²) >= 11 is 6.84. The number of rotatable bonds is 2. The van der Waals surface area contributed by atoms with Gasteiger partial charge in [0.15, 0.2) is 11.6 Å². The highest BCUT2D eigenvalue weighted by Gasteiger charge is 2.10. The van der Waals surface area contributed by atoms with Gasteiger partial charge in [0.2, 0.25) is 0 Å². The fraction of sp³-hybridized carbons (Fsp3) is 0.200. The largest absolute Gasteiger partial charge is 0.388 e. The third kappa shape index (κ3) is 2.18. The Morgan fingerprint density at radius 1 is 1.19 bits per heavy atom. The molecule has 2 rings (SSSR count). The molecule has 0 radical (unpaired) electrons. The molecule has 0 amide bonds. The van der Waals surface area contributed by atoms with Crippen molar-refractivity contribution >= 4 is 31.9 Å². The number of aliphatic hydroxyl groups excluding tert-OH is 1. The second-order valence-corrected chi connectivity index (χ2v) is 5.15. The van der Waals surface area contributed by atoms with E-state index in [0.717, 1.165) is 20.3 Å². The van der Waals surface area contributed by atoms with Gasteiger partial charge in [-0.05, 0) is 18.2 Å². The van der Waals surface area contributed by atoms with E-state index in [1.165, 1.54) is 0 Å². The summed E-state index contributed by atoms with van der Waals surface area (Å²) in [6, 6.07) is 5.86. The Kier molecular flexibility index (Phi) is 3.41. The molecular weight excluding hydrogens is 338 g/mol. The number of hydrogen-bond acceptors (Lipinski definition) is 3. The van der Waals surface area contributed by atoms with Crippen LogP contribution in [0.15, 0.2) is 27.1 Å². The van der Waals surface area contributed by atoms with Gasteiger partial charge in [-0.3, -0.25) is 0 Å². The molecule has 84 valence electrons. The molecule has 1 N–H and O–H groups in total. The van der Waals surface area contributed by atoms with E-state index in [1.54, 1.807) is 4.57 Å². The van der Waals surface area contributed by atoms with Gasteiger partial charge in [-0.2, -0.15) is 0 Å². The topological polar surface area (TPSA) is 50.9 Å². The number of aromatic nitrogens is 3. The third-order valence-electron chi connectivity index (χ3n) is 2.23. The van der Waals surface area contributed by atoms with Crippen LogP contribution in [-0.2, 0) is 13.7 Å². The predicted molar refractivity (Wildman–Crippen MR) is 67.8 cm³/mol. The average molecular weight is 347 g/mol. The van der Waals surface area contributed by atoms with E-state index < -0.39 is 0 Å². The molecule has 6 heteroatoms. The lowest BCUT2D eigenvalue weighted by Gasteiger charge is -2.03. The number of aliphatic hydroxyl groups is 1. The van der Waals surface area contributed by atoms with Gasteiger partial charge in [0, 0.05) is 21.6 Å². The second kappa shape index (κ2) is 4.65. The molecule has 16 heavy (non-hydrogen) atoms. The first-order chi connectivity index (χ1) is 7.61. The molecule has 0 aliphatic rings. The number of hydrogen-bond donors (Lipinski definition) is 1. The minimum atomic E-state index is -0.112. The molecule has 0 saturated heterocycles. The molecule has 2 aromatic rings. The van der Waals surface area contributed by atoms with E-state index in [9.17, 15) is 0 Å². The molecule has 4 nitrogen and oxygen atoms in total. The van der Waals surface area contributed by atoms with Gasteiger partial charge in [-0.25, -0.2) is 0 Å². The van der Waals surface area contributed by atoms with Crippen LogP contribution in [0, 0.1) is 0 Å². The first kappa shape index (κ1) is 11.8. The SMILES string of the molecule is Cn1c(CO)nnc1-c1cc(Br)cc(Br)c1. The normalized spacial score (nSPS) is 10.8. The molecule has 0 aliphatic heterocycles. The first-order valence-electron chi connectivity index (χ1n) is 4.57. The Balaban J connectivity index is 2.54. The molecule has 0 aliphatic carbocycles. The van der Waals surface area contributed by atoms with Crippen molar-refractivity contribution in [3.05, 3.63) is 33.0 Å². The molecular formula is C10H9Br2N3O. The van der Waals surface area contributed by atoms with Gasteiger partial charge in [-0.15, -0.1) is 10.2 Å². The van der Waals surface area contributed by atoms with Gasteiger partial charge >= 0.3 is 0 Å². The van der Waals surface area contributed by atoms with Crippen molar-refractivity contribution in [2.45, 2.75) is 6.61 Å². The van der Waals surface area contributed by atoms with Crippen molar-refractivity contribution in [1.29, 1.82) is 0 Å². The molecule has 0 bridgehead atoms. The molecule has 0 atom stereocenters. The zero-order valence-corrected chi connectivity index (χ0v) is 11.7. The Bertz CT molecular complexity index is 505. The van der Waals surface area contributed by atoms with E-state index in [2.05, 4.69) is 42.1 Å². The van der Waals surface area contributed by atoms with Crippen LogP contribution >= 0.6 is 31.9 Å². The summed E-state index contributed by atoms with van der Waals surface area (Å²) < 4.78 is 3.70. The zero-order chi connectivity index (χ0) is 11.7. The lowest BCUT2D eigenvalue weighted by atomic mass is 10.2. The Labute approximate surface area is 110 Å². The maximum Gasteiger partial charge on any atom is 0.163 e. The Morgan fingerprint density at radius 2 is 1.81 bits per heavy atom. The van der Waals surface area contributed by atoms with Gasteiger partial charge in [-0.1, -0.05) is 31.9 Å². The summed E-state index contributed by atoms with van der Waals surface area (Å²) in [4.78, 5) is 0. The smallest absolute Gasteiger partial charge is 0.163 e. The van der Waals surface area contributed by atoms with E-state index in [-0.39, 0.29) is 6.61 Å². The third-order valence-corrected chi connectivity index (χ3v) is 3.14. The first-order valence-corrected chi connectivity index (χ1v) is 6.16. The Hall–Kier alpha value is -0.720. The molecule has 1 heterocycles. The fourth-order valence-corrected chi connectivity index (χ4v) is 2.73. The van der Waals surface area contributed by atoms with Crippen LogP contribution in [0.1, 0.15) is 5.82 Å². The van der Waals surface area contributed by atoms with Crippen molar-refractivity contribution < 1.29 is 5.11 Å². The second-order valence-electron chi connectivity index (χ2n) is 3.32. The zero-order valence-electron chi connectivity index (χ0n) is 8.48. The maximum absolute atomic E-state index is 9.05. The number of benzene rings is 1. The summed E-state index contributed by atoms with van der Waals surface area (Å²) in [7, 11) is 1.83. The standard InChI is InChI=1S/C10H9Br2N3O/c1-15-9(5-16)13-14-10(15)6-2-7(11)4-8(12)3-6/h2-4,16H,5H2,1H3. The molecule has 0 fully saturated rings. The van der Waals surface area contributed by atoms with E-state index in [0.29, 0.717) is 5.82 Å². The quantitative estimate of drug-likeness (QED) is 0.908. The van der Waals surface area contributed by atoms with Gasteiger partial charge < -0.3 is 9.67 Å². The maximum atomic E-state index is 9.05. The summed E-state index contributed by atoms with van der Waals surface area (Å²) in [6.45, 7) is -0.112. The average Bonchev–Trinajstić information content (AvgIpc) is 2.58. The van der Waals surface area contributed by atoms with Crippen molar-refractivity contribution in [3.8, 4) is 11.4 Å². The fourth-order valence-electron chi connectivity index (χ4n) is 1.43. The Morgan fingerprint density at radius 3 is 2.31 bits per heavy atom. The minimum absolute atomic E-state index is 0.112. The van der Waals surface area contributed by atoms with Crippen molar-refractivity contribution in [2.75, 3.05) is 0 Å². The van der Waals surface area contributed by atoms with E-state index in [4.69, 9.17) is 5.11 Å². The lowest BCUT2D eigenvalue weighted by molar-refractivity contribution is 0.267. The number of nitrogens with zero attached hydrogens (tertiary/aromatic N) is 3. The monoisotopic (exact) mass is 345 g/mol. The van der Waals surface area contributed by atoms with Crippen LogP contribution in [0.2, 0.25) is 0 Å². The molecule has 0 unspecified atom stereocenters. The highest BCUT2D eigenvalue weighted by atomic mass is 79.9. The summed E-state index contributed by atoms with van der Waals surface area (Å²) in [5.41, 5.74) is 0.941. The predicted octanol–water partition coefficient (Wildman–Crippen LogP) is 2.50. The molecule has 1 aromatic carbocycles. The van der Waals surface area contributed by atoms with E-state index in [1.807, 2.05) is 25.2 Å². The minimum Gasteiger partial charge on any atom is -0.388 e. The van der Waals surface area contributed by atoms with Gasteiger partial charge in [0.25, 0.3) is 0 Å². The highest BCUT2D eigenvalue weighted by molar-refractivity contribution is 9.11. The van der Waals surface area contributed by atoms with Crippen molar-refractivity contribution in [3.63, 3.8) is 0 Å². The van der Waals surface area contributed by atoms with Crippen LogP contribution in [0.4, 0.5) is 0 Å². The number of halogens is 2. The summed E-state index contributed by atoms with van der Waals surface area (Å²) in [6.07, 6.45) is 0. The van der Waals surface area contributed by atoms with Crippen LogP contribution in [-0.4, -0.2) is 19.9 Å². The van der Waals surface area contributed by atoms with Crippen LogP contribution in [0.3, 0.4) is 0 Å². The van der Waals surface area contributed by atoms with E-state index >= 15 is 0 Å². The molecule has 0 spiro atoms. The highest BCUT2D eigenvalue weighted by Crippen LogP contribution is 2.26. The summed E-state index contributed by atoms with van der Waals surface area (Å²) in [5.74, 6) is 1.28. The molecule has 1 aromatic heterocycles. The van der Waals surface area contributed by atoms with Crippen molar-refractivity contribution in [1.82, 2.24) is 14.8 Å². The lowest BCUT2D eigenvalue weighted by Crippen LogP contribution is -1.99.